The van der Waals surface area contributed by atoms with Crippen molar-refractivity contribution in [2.24, 2.45) is 27.9 Å². The Labute approximate surface area is 228 Å². The second-order valence-corrected chi connectivity index (χ2v) is 9.22. The standard InChI is InChI=1S/C25H42N8O6/c1-15(34)20(24(38)39)33-23(37)19(14-16-8-3-2-4-9-16)32-22(36)18(11-5-6-12-26)31-21(35)17(27)10-7-13-30-25(28)29/h2-4,8-9,15,17-20,34H,5-7,10-14,26-27H2,1H3,(H,31,35)(H,32,36)(H,33,37)(H,38,39)(H4,28,29,30). The fourth-order valence-corrected chi connectivity index (χ4v) is 3.66. The Morgan fingerprint density at radius 1 is 0.897 bits per heavy atom. The zero-order valence-corrected chi connectivity index (χ0v) is 22.2. The lowest BCUT2D eigenvalue weighted by Crippen LogP contribution is -2.58. The topological polar surface area (TPSA) is 261 Å². The summed E-state index contributed by atoms with van der Waals surface area (Å²) in [6.45, 7) is 1.92. The molecule has 0 aliphatic rings. The minimum Gasteiger partial charge on any atom is -0.480 e. The number of unbranched alkanes of at least 4 members (excludes halogenated alkanes) is 1. The van der Waals surface area contributed by atoms with Gasteiger partial charge in [-0.2, -0.15) is 0 Å². The van der Waals surface area contributed by atoms with E-state index in [4.69, 9.17) is 22.9 Å². The van der Waals surface area contributed by atoms with Gasteiger partial charge in [-0.1, -0.05) is 30.3 Å². The predicted octanol–water partition coefficient (Wildman–Crippen LogP) is -2.34. The van der Waals surface area contributed by atoms with Crippen molar-refractivity contribution in [1.29, 1.82) is 0 Å². The van der Waals surface area contributed by atoms with Crippen molar-refractivity contribution in [3.05, 3.63) is 35.9 Å². The van der Waals surface area contributed by atoms with Crippen molar-refractivity contribution < 1.29 is 29.4 Å². The van der Waals surface area contributed by atoms with Crippen LogP contribution in [-0.2, 0) is 25.6 Å². The summed E-state index contributed by atoms with van der Waals surface area (Å²) in [4.78, 5) is 54.4. The van der Waals surface area contributed by atoms with Gasteiger partial charge in [-0.05, 0) is 51.1 Å². The maximum absolute atomic E-state index is 13.3. The van der Waals surface area contributed by atoms with Gasteiger partial charge in [0, 0.05) is 13.0 Å². The number of aliphatic hydroxyl groups is 1. The van der Waals surface area contributed by atoms with Crippen LogP contribution in [0.3, 0.4) is 0 Å². The molecule has 14 nitrogen and oxygen atoms in total. The summed E-state index contributed by atoms with van der Waals surface area (Å²) in [5, 5.41) is 26.7. The number of aliphatic hydroxyl groups excluding tert-OH is 1. The highest BCUT2D eigenvalue weighted by Crippen LogP contribution is 2.08. The predicted molar refractivity (Wildman–Crippen MR) is 146 cm³/mol. The van der Waals surface area contributed by atoms with Crippen LogP contribution in [0.5, 0.6) is 0 Å². The number of nitrogens with zero attached hydrogens (tertiary/aromatic N) is 1. The highest BCUT2D eigenvalue weighted by molar-refractivity contribution is 5.94. The molecular weight excluding hydrogens is 508 g/mol. The van der Waals surface area contributed by atoms with Gasteiger partial charge in [0.15, 0.2) is 12.0 Å². The van der Waals surface area contributed by atoms with Crippen LogP contribution in [-0.4, -0.2) is 83.2 Å². The first-order valence-corrected chi connectivity index (χ1v) is 12.8. The summed E-state index contributed by atoms with van der Waals surface area (Å²) in [7, 11) is 0. The van der Waals surface area contributed by atoms with E-state index in [1.165, 1.54) is 6.92 Å². The molecule has 1 aromatic rings. The van der Waals surface area contributed by atoms with Crippen molar-refractivity contribution in [2.75, 3.05) is 13.1 Å². The Morgan fingerprint density at radius 3 is 2.08 bits per heavy atom. The maximum Gasteiger partial charge on any atom is 0.328 e. The fourth-order valence-electron chi connectivity index (χ4n) is 3.66. The number of carboxylic acid groups (broad SMARTS) is 1. The van der Waals surface area contributed by atoms with E-state index in [1.807, 2.05) is 0 Å². The molecule has 218 valence electrons. The second kappa shape index (κ2) is 17.7. The molecule has 39 heavy (non-hydrogen) atoms. The zero-order valence-electron chi connectivity index (χ0n) is 22.2. The first-order chi connectivity index (χ1) is 18.5. The number of aliphatic imine (C=N–C) groups is 1. The van der Waals surface area contributed by atoms with E-state index in [9.17, 15) is 29.4 Å². The third-order valence-electron chi connectivity index (χ3n) is 5.85. The molecule has 0 bridgehead atoms. The zero-order chi connectivity index (χ0) is 29.4. The van der Waals surface area contributed by atoms with Crippen LogP contribution in [0.4, 0.5) is 0 Å². The number of amides is 3. The number of aliphatic carboxylic acids is 1. The molecular formula is C25H42N8O6. The van der Waals surface area contributed by atoms with Gasteiger partial charge in [0.2, 0.25) is 17.7 Å². The molecule has 3 amide bonds. The van der Waals surface area contributed by atoms with Crippen molar-refractivity contribution in [3.63, 3.8) is 0 Å². The number of nitrogens with two attached hydrogens (primary N) is 4. The lowest BCUT2D eigenvalue weighted by molar-refractivity contribution is -0.145. The van der Waals surface area contributed by atoms with Crippen LogP contribution >= 0.6 is 0 Å². The van der Waals surface area contributed by atoms with Gasteiger partial charge in [-0.3, -0.25) is 19.4 Å². The van der Waals surface area contributed by atoms with E-state index in [-0.39, 0.29) is 25.2 Å². The summed E-state index contributed by atoms with van der Waals surface area (Å²) in [5.41, 5.74) is 22.8. The van der Waals surface area contributed by atoms with Crippen LogP contribution < -0.4 is 38.9 Å². The molecule has 5 atom stereocenters. The Hall–Kier alpha value is -3.75. The Kier molecular flexibility index (Phi) is 15.1. The second-order valence-electron chi connectivity index (χ2n) is 9.22. The molecule has 13 N–H and O–H groups in total. The Morgan fingerprint density at radius 2 is 1.51 bits per heavy atom. The molecule has 0 saturated heterocycles. The molecule has 0 aromatic heterocycles. The number of hydrogen-bond acceptors (Lipinski definition) is 8. The molecule has 0 aliphatic heterocycles. The molecule has 0 spiro atoms. The average molecular weight is 551 g/mol. The van der Waals surface area contributed by atoms with Crippen LogP contribution in [0.15, 0.2) is 35.3 Å². The van der Waals surface area contributed by atoms with Gasteiger partial charge >= 0.3 is 5.97 Å². The minimum atomic E-state index is -1.58. The van der Waals surface area contributed by atoms with Crippen molar-refractivity contribution in [2.45, 2.75) is 75.7 Å². The van der Waals surface area contributed by atoms with Crippen LogP contribution in [0.25, 0.3) is 0 Å². The molecule has 1 rings (SSSR count). The largest absolute Gasteiger partial charge is 0.480 e. The summed E-state index contributed by atoms with van der Waals surface area (Å²) in [5.74, 6) is -3.50. The third-order valence-corrected chi connectivity index (χ3v) is 5.85. The molecule has 1 aromatic carbocycles. The minimum absolute atomic E-state index is 0.0400. The average Bonchev–Trinajstić information content (AvgIpc) is 2.88. The molecule has 0 aliphatic carbocycles. The monoisotopic (exact) mass is 550 g/mol. The van der Waals surface area contributed by atoms with Crippen molar-refractivity contribution >= 4 is 29.7 Å². The number of rotatable bonds is 18. The lowest BCUT2D eigenvalue weighted by Gasteiger charge is -2.26. The molecule has 5 unspecified atom stereocenters. The number of carbonyl (C=O) groups excluding carboxylic acids is 3. The van der Waals surface area contributed by atoms with Gasteiger partial charge in [0.1, 0.15) is 12.1 Å². The number of hydrogen-bond donors (Lipinski definition) is 9. The van der Waals surface area contributed by atoms with Gasteiger partial charge in [0.05, 0.1) is 12.1 Å². The maximum atomic E-state index is 13.3. The summed E-state index contributed by atoms with van der Waals surface area (Å²) in [6, 6.07) is 4.08. The smallest absolute Gasteiger partial charge is 0.328 e. The van der Waals surface area contributed by atoms with Crippen molar-refractivity contribution in [1.82, 2.24) is 16.0 Å². The van der Waals surface area contributed by atoms with Crippen molar-refractivity contribution in [3.8, 4) is 0 Å². The Balaban J connectivity index is 3.04. The summed E-state index contributed by atoms with van der Waals surface area (Å²) < 4.78 is 0. The highest BCUT2D eigenvalue weighted by atomic mass is 16.4. The van der Waals surface area contributed by atoms with Gasteiger partial charge in [-0.15, -0.1) is 0 Å². The van der Waals surface area contributed by atoms with E-state index in [2.05, 4.69) is 20.9 Å². The van der Waals surface area contributed by atoms with E-state index >= 15 is 0 Å². The number of guanidine groups is 1. The summed E-state index contributed by atoms with van der Waals surface area (Å²) in [6.07, 6.45) is 0.744. The van der Waals surface area contributed by atoms with Gasteiger partial charge in [-0.25, -0.2) is 4.79 Å². The molecule has 14 heteroatoms. The highest BCUT2D eigenvalue weighted by Gasteiger charge is 2.32. The van der Waals surface area contributed by atoms with Crippen LogP contribution in [0.2, 0.25) is 0 Å². The van der Waals surface area contributed by atoms with Crippen LogP contribution in [0, 0.1) is 0 Å². The van der Waals surface area contributed by atoms with Gasteiger partial charge < -0.3 is 49.1 Å². The number of nitrogens with one attached hydrogen (secondary N) is 3. The normalized spacial score (nSPS) is 14.7. The van der Waals surface area contributed by atoms with Crippen LogP contribution in [0.1, 0.15) is 44.6 Å². The Bertz CT molecular complexity index is 955. The fraction of sp³-hybridized carbons (Fsp3) is 0.560. The number of carbonyl (C=O) groups is 4. The SMILES string of the molecule is CC(O)C(NC(=O)C(Cc1ccccc1)NC(=O)C(CCCCN)NC(=O)C(N)CCCN=C(N)N)C(=O)O. The van der Waals surface area contributed by atoms with E-state index in [0.717, 1.165) is 0 Å². The third kappa shape index (κ3) is 13.0. The number of benzene rings is 1. The molecule has 0 fully saturated rings. The molecule has 0 radical (unpaired) electrons. The van der Waals surface area contributed by atoms with Gasteiger partial charge in [0.25, 0.3) is 0 Å². The van der Waals surface area contributed by atoms with E-state index < -0.39 is 54.0 Å². The summed E-state index contributed by atoms with van der Waals surface area (Å²) >= 11 is 0. The quantitative estimate of drug-likeness (QED) is 0.0534. The lowest BCUT2D eigenvalue weighted by atomic mass is 10.0. The first-order valence-electron chi connectivity index (χ1n) is 12.8. The van der Waals surface area contributed by atoms with E-state index in [0.29, 0.717) is 37.9 Å². The first kappa shape index (κ1) is 33.3. The molecule has 0 heterocycles. The van der Waals surface area contributed by atoms with E-state index in [1.54, 1.807) is 30.3 Å². The number of carboxylic acids is 1. The molecule has 0 saturated carbocycles.